The summed E-state index contributed by atoms with van der Waals surface area (Å²) < 4.78 is 3.03. The molecule has 0 aromatic heterocycles. The molecule has 0 fully saturated rings. The molecule has 0 radical (unpaired) electrons. The van der Waals surface area contributed by atoms with Crippen molar-refractivity contribution >= 4 is 47.0 Å². The molecule has 0 amide bonds. The fourth-order valence-corrected chi connectivity index (χ4v) is 1.09. The highest BCUT2D eigenvalue weighted by Crippen LogP contribution is 2.41. The molecule has 0 spiro atoms. The second-order valence-electron chi connectivity index (χ2n) is 2.77. The number of hydrogen-bond donors (Lipinski definition) is 0. The Bertz CT molecular complexity index is 318. The minimum absolute atomic E-state index is 0.568. The smallest absolute Gasteiger partial charge is 0.414 e. The van der Waals surface area contributed by atoms with Gasteiger partial charge in [-0.25, -0.2) is 4.79 Å². The van der Waals surface area contributed by atoms with Crippen molar-refractivity contribution in [1.29, 1.82) is 0 Å². The third kappa shape index (κ3) is 4.22. The number of esters is 1. The van der Waals surface area contributed by atoms with Crippen LogP contribution in [0, 0.1) is 0 Å². The van der Waals surface area contributed by atoms with Crippen LogP contribution in [-0.4, -0.2) is 26.4 Å². The summed E-state index contributed by atoms with van der Waals surface area (Å²) in [5.41, 5.74) is 6.69. The zero-order valence-corrected chi connectivity index (χ0v) is 10.3. The van der Waals surface area contributed by atoms with Crippen LogP contribution in [0.5, 0.6) is 0 Å². The highest BCUT2D eigenvalue weighted by atomic mass is 35.6. The van der Waals surface area contributed by atoms with Gasteiger partial charge < -0.3 is 10.3 Å². The topological polar surface area (TPSA) is 62.7 Å². The average Bonchev–Trinajstić information content (AvgIpc) is 2.02. The molecule has 1 atom stereocenters. The van der Waals surface area contributed by atoms with E-state index >= 15 is 0 Å². The first kappa shape index (κ1) is 14.5. The van der Waals surface area contributed by atoms with Crippen molar-refractivity contribution in [1.82, 2.24) is 0 Å². The van der Waals surface area contributed by atoms with Crippen molar-refractivity contribution < 1.29 is 14.3 Å². The summed E-state index contributed by atoms with van der Waals surface area (Å²) in [6.07, 6.45) is 3.56. The number of halogens is 3. The van der Waals surface area contributed by atoms with Crippen LogP contribution in [0.3, 0.4) is 0 Å². The van der Waals surface area contributed by atoms with Crippen LogP contribution < -0.4 is 0 Å². The molecule has 0 bridgehead atoms. The first-order valence-corrected chi connectivity index (χ1v) is 5.01. The van der Waals surface area contributed by atoms with Crippen molar-refractivity contribution in [3.63, 3.8) is 0 Å². The molecule has 0 aliphatic heterocycles. The van der Waals surface area contributed by atoms with Crippen LogP contribution in [-0.2, 0) is 9.53 Å². The first-order valence-electron chi connectivity index (χ1n) is 3.88. The van der Waals surface area contributed by atoms with E-state index in [4.69, 9.17) is 45.1 Å². The van der Waals surface area contributed by atoms with Crippen LogP contribution in [0.1, 0.15) is 13.8 Å². The maximum atomic E-state index is 11.0. The number of carbonyl (C=O) groups excluding carboxylic acids is 1. The molecular weight excluding hydrogens is 262 g/mol. The van der Waals surface area contributed by atoms with Crippen molar-refractivity contribution in [3.8, 4) is 0 Å². The summed E-state index contributed by atoms with van der Waals surface area (Å²) in [4.78, 5) is 13.5. The minimum atomic E-state index is -1.82. The fraction of sp³-hybridized carbons (Fsp3) is 0.500. The summed E-state index contributed by atoms with van der Waals surface area (Å²) in [7, 11) is 0. The second-order valence-corrected chi connectivity index (χ2v) is 5.05. The molecule has 0 saturated carbocycles. The van der Waals surface area contributed by atoms with E-state index in [0.717, 1.165) is 0 Å². The van der Waals surface area contributed by atoms with E-state index in [1.54, 1.807) is 13.0 Å². The van der Waals surface area contributed by atoms with Gasteiger partial charge in [0.15, 0.2) is 5.60 Å². The summed E-state index contributed by atoms with van der Waals surface area (Å²) in [6, 6.07) is 0. The highest BCUT2D eigenvalue weighted by Gasteiger charge is 2.46. The fourth-order valence-electron chi connectivity index (χ4n) is 0.787. The quantitative estimate of drug-likeness (QED) is 0.198. The minimum Gasteiger partial charge on any atom is -0.442 e. The van der Waals surface area contributed by atoms with Gasteiger partial charge in [-0.3, -0.25) is 0 Å². The summed E-state index contributed by atoms with van der Waals surface area (Å²) in [5, 5.41) is 0. The Hall–Kier alpha value is -0.540. The Morgan fingerprint density at radius 1 is 1.47 bits per heavy atom. The van der Waals surface area contributed by atoms with Crippen molar-refractivity contribution in [3.05, 3.63) is 17.7 Å². The normalized spacial score (nSPS) is 15.5. The average molecular weight is 272 g/mol. The maximum Gasteiger partial charge on any atom is 0.414 e. The van der Waals surface area contributed by atoms with Gasteiger partial charge in [-0.2, -0.15) is 4.79 Å². The van der Waals surface area contributed by atoms with Crippen molar-refractivity contribution in [2.45, 2.75) is 23.2 Å². The van der Waals surface area contributed by atoms with Gasteiger partial charge >= 0.3 is 12.2 Å². The van der Waals surface area contributed by atoms with Gasteiger partial charge in [0, 0.05) is 0 Å². The Balaban J connectivity index is 4.98. The second kappa shape index (κ2) is 5.52. The first-order chi connectivity index (χ1) is 6.77. The lowest BCUT2D eigenvalue weighted by Gasteiger charge is -2.31. The lowest BCUT2D eigenvalue weighted by molar-refractivity contribution is -0.148. The van der Waals surface area contributed by atoms with Crippen molar-refractivity contribution in [2.75, 3.05) is 0 Å². The van der Waals surface area contributed by atoms with E-state index < -0.39 is 15.4 Å². The molecule has 0 aliphatic rings. The number of ether oxygens (including phenoxy) is 1. The molecule has 0 saturated heterocycles. The van der Waals surface area contributed by atoms with Gasteiger partial charge in [0.05, 0.1) is 0 Å². The third-order valence-electron chi connectivity index (χ3n) is 1.52. The number of allylic oxidation sites excluding steroid dienone is 1. The molecule has 0 aliphatic carbocycles. The predicted molar refractivity (Wildman–Crippen MR) is 59.3 cm³/mol. The van der Waals surface area contributed by atoms with Gasteiger partial charge in [0.25, 0.3) is 0 Å². The summed E-state index contributed by atoms with van der Waals surface area (Å²) in [5.74, 6) is -0.913. The van der Waals surface area contributed by atoms with E-state index in [1.165, 1.54) is 13.0 Å². The third-order valence-corrected chi connectivity index (χ3v) is 2.65. The maximum absolute atomic E-state index is 11.0. The molecule has 0 rings (SSSR count). The Kier molecular flexibility index (Phi) is 5.32. The number of nitrogens with zero attached hydrogens (tertiary/aromatic N) is 2. The van der Waals surface area contributed by atoms with Crippen LogP contribution in [0.15, 0.2) is 12.2 Å². The summed E-state index contributed by atoms with van der Waals surface area (Å²) >= 11 is 17.0. The zero-order valence-electron chi connectivity index (χ0n) is 8.08. The van der Waals surface area contributed by atoms with Gasteiger partial charge in [-0.1, -0.05) is 40.9 Å². The highest BCUT2D eigenvalue weighted by molar-refractivity contribution is 6.68. The number of hydrogen-bond acceptors (Lipinski definition) is 2. The number of carbonyl (C=O) groups is 1. The molecule has 7 heteroatoms. The molecule has 0 heterocycles. The van der Waals surface area contributed by atoms with Crippen molar-refractivity contribution in [2.24, 2.45) is 0 Å². The molecule has 0 N–H and O–H groups in total. The molecular formula is C8H9Cl3N2O2. The van der Waals surface area contributed by atoms with E-state index in [1.807, 2.05) is 0 Å². The number of rotatable bonds is 3. The lowest BCUT2D eigenvalue weighted by atomic mass is 10.1. The van der Waals surface area contributed by atoms with E-state index in [2.05, 4.69) is 4.79 Å². The van der Waals surface area contributed by atoms with E-state index in [-0.39, 0.29) is 0 Å². The largest absolute Gasteiger partial charge is 0.442 e. The Labute approximate surface area is 102 Å². The monoisotopic (exact) mass is 270 g/mol. The van der Waals surface area contributed by atoms with Gasteiger partial charge in [-0.15, -0.1) is 0 Å². The molecule has 15 heavy (non-hydrogen) atoms. The van der Waals surface area contributed by atoms with E-state index in [9.17, 15) is 4.79 Å². The summed E-state index contributed by atoms with van der Waals surface area (Å²) in [6.45, 7) is 3.10. The number of alkyl halides is 3. The molecule has 0 aromatic rings. The molecule has 0 aromatic carbocycles. The Morgan fingerprint density at radius 3 is 2.33 bits per heavy atom. The van der Waals surface area contributed by atoms with Gasteiger partial charge in [-0.05, 0) is 19.9 Å². The molecule has 1 unspecified atom stereocenters. The molecule has 4 nitrogen and oxygen atoms in total. The SMILES string of the molecule is C/C=C/C(C)(OC(=O)C=[N+]=[N-])C(Cl)(Cl)Cl. The van der Waals surface area contributed by atoms with Gasteiger partial charge in [0.2, 0.25) is 3.79 Å². The predicted octanol–water partition coefficient (Wildman–Crippen LogP) is 2.54. The lowest BCUT2D eigenvalue weighted by Crippen LogP contribution is -2.42. The Morgan fingerprint density at radius 2 is 2.00 bits per heavy atom. The standard InChI is InChI=1S/C8H9Cl3N2O2/c1-3-4-7(2,8(9,10)11)15-6(14)5-13-12/h3-5H,1-2H3/b4-3+. The van der Waals surface area contributed by atoms with Crippen LogP contribution in [0.25, 0.3) is 5.53 Å². The van der Waals surface area contributed by atoms with E-state index in [0.29, 0.717) is 6.21 Å². The van der Waals surface area contributed by atoms with Crippen LogP contribution >= 0.6 is 34.8 Å². The zero-order chi connectivity index (χ0) is 12.1. The van der Waals surface area contributed by atoms with Gasteiger partial charge in [0.1, 0.15) is 0 Å². The van der Waals surface area contributed by atoms with Crippen LogP contribution in [0.2, 0.25) is 0 Å². The molecule has 84 valence electrons. The van der Waals surface area contributed by atoms with Crippen LogP contribution in [0.4, 0.5) is 0 Å².